The number of imide groups is 1. The first-order chi connectivity index (χ1) is 11.7. The molecule has 1 aliphatic rings. The first-order valence-corrected chi connectivity index (χ1v) is 7.35. The van der Waals surface area contributed by atoms with Crippen molar-refractivity contribution >= 4 is 28.6 Å². The maximum atomic E-state index is 12.5. The van der Waals surface area contributed by atoms with Crippen LogP contribution >= 0.6 is 0 Å². The summed E-state index contributed by atoms with van der Waals surface area (Å²) in [5.74, 6) is -2.02. The van der Waals surface area contributed by atoms with Crippen LogP contribution in [-0.4, -0.2) is 22.8 Å². The molecule has 5 heteroatoms. The van der Waals surface area contributed by atoms with Gasteiger partial charge in [0.25, 0.3) is 11.8 Å². The minimum Gasteiger partial charge on any atom is -0.324 e. The molecule has 0 aromatic heterocycles. The maximum Gasteiger partial charge on any atom is 0.364 e. The molecule has 0 spiro atoms. The predicted molar refractivity (Wildman–Crippen MR) is 86.3 cm³/mol. The molecule has 3 aromatic carbocycles. The van der Waals surface area contributed by atoms with Gasteiger partial charge in [-0.2, -0.15) is 0 Å². The Hall–Kier alpha value is -3.47. The van der Waals surface area contributed by atoms with Crippen molar-refractivity contribution in [3.05, 3.63) is 83.4 Å². The van der Waals surface area contributed by atoms with Gasteiger partial charge in [-0.3, -0.25) is 9.59 Å². The van der Waals surface area contributed by atoms with Crippen molar-refractivity contribution in [2.24, 2.45) is 0 Å². The first kappa shape index (κ1) is 14.1. The molecule has 5 nitrogen and oxygen atoms in total. The van der Waals surface area contributed by atoms with Crippen LogP contribution in [-0.2, 0) is 4.84 Å². The van der Waals surface area contributed by atoms with Gasteiger partial charge in [-0.25, -0.2) is 4.79 Å². The Labute approximate surface area is 137 Å². The van der Waals surface area contributed by atoms with E-state index in [1.54, 1.807) is 36.4 Å². The van der Waals surface area contributed by atoms with Crippen LogP contribution in [0.5, 0.6) is 0 Å². The third-order valence-electron chi connectivity index (χ3n) is 3.94. The molecular weight excluding hydrogens is 306 g/mol. The number of nitrogens with zero attached hydrogens (tertiary/aromatic N) is 1. The molecule has 0 unspecified atom stereocenters. The van der Waals surface area contributed by atoms with Crippen LogP contribution in [0.25, 0.3) is 10.8 Å². The zero-order valence-corrected chi connectivity index (χ0v) is 12.4. The fourth-order valence-electron chi connectivity index (χ4n) is 2.79. The molecule has 2 amide bonds. The average molecular weight is 317 g/mol. The van der Waals surface area contributed by atoms with Gasteiger partial charge in [-0.15, -0.1) is 0 Å². The zero-order chi connectivity index (χ0) is 16.7. The molecule has 24 heavy (non-hydrogen) atoms. The smallest absolute Gasteiger partial charge is 0.324 e. The van der Waals surface area contributed by atoms with E-state index in [9.17, 15) is 14.4 Å². The molecule has 0 fully saturated rings. The summed E-state index contributed by atoms with van der Waals surface area (Å²) in [5, 5.41) is 2.09. The van der Waals surface area contributed by atoms with Crippen molar-refractivity contribution in [3.8, 4) is 0 Å². The molecule has 0 bridgehead atoms. The second kappa shape index (κ2) is 5.31. The highest BCUT2D eigenvalue weighted by Gasteiger charge is 2.38. The van der Waals surface area contributed by atoms with Crippen molar-refractivity contribution in [2.75, 3.05) is 0 Å². The third kappa shape index (κ3) is 2.06. The van der Waals surface area contributed by atoms with Crippen LogP contribution in [0.1, 0.15) is 31.1 Å². The Morgan fingerprint density at radius 3 is 2.04 bits per heavy atom. The SMILES string of the molecule is O=C(ON1C(=O)c2ccccc2C1=O)c1cccc2ccccc12. The van der Waals surface area contributed by atoms with E-state index in [-0.39, 0.29) is 11.1 Å². The van der Waals surface area contributed by atoms with Crippen LogP contribution in [0.4, 0.5) is 0 Å². The third-order valence-corrected chi connectivity index (χ3v) is 3.94. The van der Waals surface area contributed by atoms with Crippen molar-refractivity contribution in [2.45, 2.75) is 0 Å². The maximum absolute atomic E-state index is 12.5. The highest BCUT2D eigenvalue weighted by molar-refractivity contribution is 6.21. The topological polar surface area (TPSA) is 63.7 Å². The number of hydroxylamine groups is 2. The van der Waals surface area contributed by atoms with Crippen LogP contribution < -0.4 is 0 Å². The van der Waals surface area contributed by atoms with Gasteiger partial charge < -0.3 is 4.84 Å². The Balaban J connectivity index is 1.68. The van der Waals surface area contributed by atoms with E-state index in [1.807, 2.05) is 18.2 Å². The Morgan fingerprint density at radius 1 is 0.750 bits per heavy atom. The molecule has 116 valence electrons. The van der Waals surface area contributed by atoms with Crippen LogP contribution in [0.15, 0.2) is 66.7 Å². The Morgan fingerprint density at radius 2 is 1.33 bits per heavy atom. The molecule has 4 rings (SSSR count). The van der Waals surface area contributed by atoms with Crippen LogP contribution in [0, 0.1) is 0 Å². The minimum atomic E-state index is -0.749. The molecule has 0 N–H and O–H groups in total. The standard InChI is InChI=1S/C19H11NO4/c21-17-14-9-3-4-10-15(14)18(22)20(17)24-19(23)16-11-5-7-12-6-1-2-8-13(12)16/h1-11H. The summed E-state index contributed by atoms with van der Waals surface area (Å²) in [6.07, 6.45) is 0. The highest BCUT2D eigenvalue weighted by Crippen LogP contribution is 2.25. The summed E-state index contributed by atoms with van der Waals surface area (Å²) >= 11 is 0. The zero-order valence-electron chi connectivity index (χ0n) is 12.4. The van der Waals surface area contributed by atoms with E-state index in [1.165, 1.54) is 12.1 Å². The number of benzene rings is 3. The summed E-state index contributed by atoms with van der Waals surface area (Å²) in [6, 6.07) is 18.9. The quantitative estimate of drug-likeness (QED) is 0.681. The summed E-state index contributed by atoms with van der Waals surface area (Å²) < 4.78 is 0. The van der Waals surface area contributed by atoms with Crippen molar-refractivity contribution in [1.29, 1.82) is 0 Å². The van der Waals surface area contributed by atoms with E-state index in [2.05, 4.69) is 0 Å². The molecule has 0 radical (unpaired) electrons. The normalized spacial score (nSPS) is 13.2. The molecule has 1 aliphatic heterocycles. The monoisotopic (exact) mass is 317 g/mol. The van der Waals surface area contributed by atoms with Crippen molar-refractivity contribution < 1.29 is 19.2 Å². The molecule has 0 saturated heterocycles. The number of carbonyl (C=O) groups is 3. The average Bonchev–Trinajstić information content (AvgIpc) is 2.86. The Bertz CT molecular complexity index is 969. The van der Waals surface area contributed by atoms with E-state index >= 15 is 0 Å². The second-order valence-corrected chi connectivity index (χ2v) is 5.36. The highest BCUT2D eigenvalue weighted by atomic mass is 16.7. The fourth-order valence-corrected chi connectivity index (χ4v) is 2.79. The molecule has 0 saturated carbocycles. The van der Waals surface area contributed by atoms with E-state index in [4.69, 9.17) is 4.84 Å². The molecule has 3 aromatic rings. The number of hydrogen-bond acceptors (Lipinski definition) is 4. The van der Waals surface area contributed by atoms with Gasteiger partial charge in [-0.05, 0) is 29.0 Å². The Kier molecular flexibility index (Phi) is 3.13. The lowest BCUT2D eigenvalue weighted by atomic mass is 10.1. The lowest BCUT2D eigenvalue weighted by Gasteiger charge is -2.13. The van der Waals surface area contributed by atoms with Gasteiger partial charge in [0.1, 0.15) is 0 Å². The lowest BCUT2D eigenvalue weighted by Crippen LogP contribution is -2.32. The number of fused-ring (bicyclic) bond motifs is 2. The van der Waals surface area contributed by atoms with Gasteiger partial charge in [0, 0.05) is 0 Å². The summed E-state index contributed by atoms with van der Waals surface area (Å²) in [4.78, 5) is 42.1. The number of rotatable bonds is 2. The van der Waals surface area contributed by atoms with E-state index in [0.717, 1.165) is 5.39 Å². The summed E-state index contributed by atoms with van der Waals surface area (Å²) in [6.45, 7) is 0. The predicted octanol–water partition coefficient (Wildman–Crippen LogP) is 3.21. The number of carbonyl (C=O) groups excluding carboxylic acids is 3. The molecule has 0 aliphatic carbocycles. The van der Waals surface area contributed by atoms with Gasteiger partial charge in [0.05, 0.1) is 16.7 Å². The molecule has 0 atom stereocenters. The fraction of sp³-hybridized carbons (Fsp3) is 0. The minimum absolute atomic E-state index is 0.230. The summed E-state index contributed by atoms with van der Waals surface area (Å²) in [5.41, 5.74) is 0.756. The van der Waals surface area contributed by atoms with Crippen LogP contribution in [0.2, 0.25) is 0 Å². The van der Waals surface area contributed by atoms with E-state index < -0.39 is 17.8 Å². The van der Waals surface area contributed by atoms with Gasteiger partial charge >= 0.3 is 5.97 Å². The molecule has 1 heterocycles. The number of amides is 2. The lowest BCUT2D eigenvalue weighted by molar-refractivity contribution is -0.0583. The van der Waals surface area contributed by atoms with E-state index in [0.29, 0.717) is 16.0 Å². The second-order valence-electron chi connectivity index (χ2n) is 5.36. The largest absolute Gasteiger partial charge is 0.364 e. The first-order valence-electron chi connectivity index (χ1n) is 7.35. The number of hydrogen-bond donors (Lipinski definition) is 0. The van der Waals surface area contributed by atoms with Gasteiger partial charge in [0.2, 0.25) is 0 Å². The van der Waals surface area contributed by atoms with Crippen molar-refractivity contribution in [3.63, 3.8) is 0 Å². The summed E-state index contributed by atoms with van der Waals surface area (Å²) in [7, 11) is 0. The van der Waals surface area contributed by atoms with Gasteiger partial charge in [-0.1, -0.05) is 53.6 Å². The molecular formula is C19H11NO4. The van der Waals surface area contributed by atoms with Crippen LogP contribution in [0.3, 0.4) is 0 Å². The van der Waals surface area contributed by atoms with Gasteiger partial charge in [0.15, 0.2) is 0 Å². The van der Waals surface area contributed by atoms with Crippen molar-refractivity contribution in [1.82, 2.24) is 5.06 Å².